The number of nitrogens with zero attached hydrogens (tertiary/aromatic N) is 2. The van der Waals surface area contributed by atoms with E-state index in [0.29, 0.717) is 18.5 Å². The van der Waals surface area contributed by atoms with E-state index >= 15 is 0 Å². The first-order valence-electron chi connectivity index (χ1n) is 9.35. The molecule has 1 atom stereocenters. The van der Waals surface area contributed by atoms with Crippen molar-refractivity contribution in [2.45, 2.75) is 38.3 Å². The fourth-order valence-corrected chi connectivity index (χ4v) is 4.13. The molecule has 4 nitrogen and oxygen atoms in total. The first-order chi connectivity index (χ1) is 12.6. The predicted molar refractivity (Wildman–Crippen MR) is 101 cm³/mol. The summed E-state index contributed by atoms with van der Waals surface area (Å²) in [5.74, 6) is 0.278. The lowest BCUT2D eigenvalue weighted by molar-refractivity contribution is -0.128. The van der Waals surface area contributed by atoms with E-state index in [1.807, 2.05) is 47.2 Å². The topological polar surface area (TPSA) is 40.6 Å². The lowest BCUT2D eigenvalue weighted by Gasteiger charge is -2.25. The van der Waals surface area contributed by atoms with E-state index in [-0.39, 0.29) is 17.9 Å². The van der Waals surface area contributed by atoms with E-state index < -0.39 is 0 Å². The first-order valence-corrected chi connectivity index (χ1v) is 9.35. The maximum atomic E-state index is 12.9. The Labute approximate surface area is 154 Å². The van der Waals surface area contributed by atoms with Gasteiger partial charge in [-0.2, -0.15) is 0 Å². The molecule has 1 unspecified atom stereocenters. The van der Waals surface area contributed by atoms with Crippen LogP contribution in [0.3, 0.4) is 0 Å². The summed E-state index contributed by atoms with van der Waals surface area (Å²) >= 11 is 0. The first kappa shape index (κ1) is 16.8. The Morgan fingerprint density at radius 1 is 1.12 bits per heavy atom. The molecular weight excluding hydrogens is 324 g/mol. The van der Waals surface area contributed by atoms with Crippen LogP contribution in [0.15, 0.2) is 48.5 Å². The van der Waals surface area contributed by atoms with Gasteiger partial charge >= 0.3 is 0 Å². The average Bonchev–Trinajstić information content (AvgIpc) is 3.28. The number of carbonyl (C=O) groups is 2. The molecule has 0 saturated carbocycles. The van der Waals surface area contributed by atoms with E-state index in [0.717, 1.165) is 31.4 Å². The van der Waals surface area contributed by atoms with Crippen molar-refractivity contribution in [1.29, 1.82) is 0 Å². The van der Waals surface area contributed by atoms with Gasteiger partial charge in [-0.05, 0) is 48.1 Å². The van der Waals surface area contributed by atoms with Gasteiger partial charge in [-0.15, -0.1) is 0 Å². The van der Waals surface area contributed by atoms with Gasteiger partial charge in [0.1, 0.15) is 0 Å². The number of fused-ring (bicyclic) bond motifs is 1. The van der Waals surface area contributed by atoms with Crippen LogP contribution >= 0.6 is 0 Å². The molecule has 0 aromatic heterocycles. The van der Waals surface area contributed by atoms with Gasteiger partial charge in [0, 0.05) is 32.1 Å². The second-order valence-electron chi connectivity index (χ2n) is 7.29. The average molecular weight is 348 g/mol. The van der Waals surface area contributed by atoms with Crippen LogP contribution in [-0.4, -0.2) is 35.2 Å². The second-order valence-corrected chi connectivity index (χ2v) is 7.29. The highest BCUT2D eigenvalue weighted by Gasteiger charge is 2.28. The number of amides is 2. The molecule has 2 aromatic carbocycles. The molecule has 2 amide bonds. The molecule has 2 aromatic rings. The third-order valence-corrected chi connectivity index (χ3v) is 5.63. The summed E-state index contributed by atoms with van der Waals surface area (Å²) in [5, 5.41) is 0. The number of hydrogen-bond acceptors (Lipinski definition) is 2. The molecule has 0 spiro atoms. The number of carbonyl (C=O) groups excluding carboxylic acids is 2. The summed E-state index contributed by atoms with van der Waals surface area (Å²) in [6.07, 6.45) is 3.62. The smallest absolute Gasteiger partial charge is 0.254 e. The molecule has 0 N–H and O–H groups in total. The maximum absolute atomic E-state index is 12.9. The van der Waals surface area contributed by atoms with Crippen molar-refractivity contribution < 1.29 is 9.59 Å². The van der Waals surface area contributed by atoms with Crippen LogP contribution in [0.25, 0.3) is 0 Å². The molecule has 1 aliphatic carbocycles. The Balaban J connectivity index is 1.45. The van der Waals surface area contributed by atoms with Crippen molar-refractivity contribution in [1.82, 2.24) is 9.80 Å². The predicted octanol–water partition coefficient (Wildman–Crippen LogP) is 3.57. The Hall–Kier alpha value is -2.62. The molecule has 1 fully saturated rings. The fraction of sp³-hybridized carbons (Fsp3) is 0.364. The number of aryl methyl sites for hydroxylation is 1. The molecule has 134 valence electrons. The minimum absolute atomic E-state index is 0.0514. The lowest BCUT2D eigenvalue weighted by Crippen LogP contribution is -2.30. The highest BCUT2D eigenvalue weighted by Crippen LogP contribution is 2.35. The Morgan fingerprint density at radius 3 is 2.62 bits per heavy atom. The van der Waals surface area contributed by atoms with Crippen molar-refractivity contribution in [2.24, 2.45) is 0 Å². The minimum atomic E-state index is 0.0514. The number of hydrogen-bond donors (Lipinski definition) is 0. The van der Waals surface area contributed by atoms with E-state index in [1.54, 1.807) is 0 Å². The Bertz CT molecular complexity index is 828. The second kappa shape index (κ2) is 6.94. The number of likely N-dealkylation sites (tertiary alicyclic amines) is 1. The van der Waals surface area contributed by atoms with Gasteiger partial charge in [0.2, 0.25) is 5.91 Å². The van der Waals surface area contributed by atoms with E-state index in [1.165, 1.54) is 11.1 Å². The van der Waals surface area contributed by atoms with Gasteiger partial charge < -0.3 is 9.80 Å². The quantitative estimate of drug-likeness (QED) is 0.847. The molecule has 26 heavy (non-hydrogen) atoms. The molecule has 1 aliphatic heterocycles. The summed E-state index contributed by atoms with van der Waals surface area (Å²) < 4.78 is 0. The third kappa shape index (κ3) is 3.12. The number of benzene rings is 2. The van der Waals surface area contributed by atoms with Gasteiger partial charge in [0.15, 0.2) is 0 Å². The third-order valence-electron chi connectivity index (χ3n) is 5.63. The highest BCUT2D eigenvalue weighted by molar-refractivity contribution is 5.94. The molecule has 4 rings (SSSR count). The highest BCUT2D eigenvalue weighted by atomic mass is 16.2. The SMILES string of the molecule is CN(C(=O)c1ccc(CN2CCCC2=O)cc1)C1CCc2ccccc21. The van der Waals surface area contributed by atoms with Gasteiger partial charge in [-0.3, -0.25) is 9.59 Å². The van der Waals surface area contributed by atoms with E-state index in [2.05, 4.69) is 18.2 Å². The summed E-state index contributed by atoms with van der Waals surface area (Å²) in [6.45, 7) is 1.47. The van der Waals surface area contributed by atoms with E-state index in [9.17, 15) is 9.59 Å². The Kier molecular flexibility index (Phi) is 4.49. The summed E-state index contributed by atoms with van der Waals surface area (Å²) in [5.41, 5.74) is 4.40. The van der Waals surface area contributed by atoms with Crippen LogP contribution in [0, 0.1) is 0 Å². The molecule has 1 saturated heterocycles. The van der Waals surface area contributed by atoms with Crippen LogP contribution in [-0.2, 0) is 17.8 Å². The fourth-order valence-electron chi connectivity index (χ4n) is 4.13. The normalized spacial score (nSPS) is 18.9. The van der Waals surface area contributed by atoms with Crippen molar-refractivity contribution in [3.63, 3.8) is 0 Å². The molecular formula is C22H24N2O2. The molecule has 0 bridgehead atoms. The monoisotopic (exact) mass is 348 g/mol. The van der Waals surface area contributed by atoms with Gasteiger partial charge in [0.25, 0.3) is 5.91 Å². The summed E-state index contributed by atoms with van der Waals surface area (Å²) in [6, 6.07) is 16.3. The van der Waals surface area contributed by atoms with Crippen LogP contribution in [0.4, 0.5) is 0 Å². The standard InChI is InChI=1S/C22H24N2O2/c1-23(20-13-12-17-5-2-3-6-19(17)20)22(26)18-10-8-16(9-11-18)15-24-14-4-7-21(24)25/h2-3,5-6,8-11,20H,4,7,12-15H2,1H3. The van der Waals surface area contributed by atoms with Crippen LogP contribution < -0.4 is 0 Å². The van der Waals surface area contributed by atoms with Crippen LogP contribution in [0.2, 0.25) is 0 Å². The van der Waals surface area contributed by atoms with Crippen molar-refractivity contribution >= 4 is 11.8 Å². The zero-order chi connectivity index (χ0) is 18.1. The van der Waals surface area contributed by atoms with Crippen molar-refractivity contribution in [3.8, 4) is 0 Å². The van der Waals surface area contributed by atoms with Crippen LogP contribution in [0.1, 0.15) is 52.4 Å². The zero-order valence-corrected chi connectivity index (χ0v) is 15.1. The molecule has 4 heteroatoms. The zero-order valence-electron chi connectivity index (χ0n) is 15.1. The molecule has 0 radical (unpaired) electrons. The van der Waals surface area contributed by atoms with Gasteiger partial charge in [-0.1, -0.05) is 36.4 Å². The Morgan fingerprint density at radius 2 is 1.88 bits per heavy atom. The van der Waals surface area contributed by atoms with Gasteiger partial charge in [0.05, 0.1) is 6.04 Å². The van der Waals surface area contributed by atoms with Gasteiger partial charge in [-0.25, -0.2) is 0 Å². The van der Waals surface area contributed by atoms with E-state index in [4.69, 9.17) is 0 Å². The van der Waals surface area contributed by atoms with Crippen LogP contribution in [0.5, 0.6) is 0 Å². The molecule has 2 aliphatic rings. The molecule has 1 heterocycles. The largest absolute Gasteiger partial charge is 0.338 e. The lowest BCUT2D eigenvalue weighted by atomic mass is 10.1. The minimum Gasteiger partial charge on any atom is -0.338 e. The van der Waals surface area contributed by atoms with Crippen molar-refractivity contribution in [3.05, 3.63) is 70.8 Å². The summed E-state index contributed by atoms with van der Waals surface area (Å²) in [4.78, 5) is 28.4. The number of rotatable bonds is 4. The maximum Gasteiger partial charge on any atom is 0.254 e. The van der Waals surface area contributed by atoms with Crippen molar-refractivity contribution in [2.75, 3.05) is 13.6 Å². The summed E-state index contributed by atoms with van der Waals surface area (Å²) in [7, 11) is 1.89.